The summed E-state index contributed by atoms with van der Waals surface area (Å²) in [5.41, 5.74) is 0.509. The molecule has 0 fully saturated rings. The summed E-state index contributed by atoms with van der Waals surface area (Å²) >= 11 is 1.35. The first-order chi connectivity index (χ1) is 9.62. The lowest BCUT2D eigenvalue weighted by atomic mass is 10.3. The summed E-state index contributed by atoms with van der Waals surface area (Å²) in [7, 11) is -3.20. The molecule has 0 aromatic heterocycles. The van der Waals surface area contributed by atoms with Crippen LogP contribution in [-0.2, 0) is 9.84 Å². The molecular weight excluding hydrogens is 300 g/mol. The topological polar surface area (TPSA) is 94.5 Å². The van der Waals surface area contributed by atoms with E-state index in [2.05, 4.69) is 15.6 Å². The summed E-state index contributed by atoms with van der Waals surface area (Å²) in [4.78, 5) is 0. The van der Waals surface area contributed by atoms with Crippen LogP contribution >= 0.6 is 11.8 Å². The maximum Gasteiger partial charge on any atom is 0.304 e. The Morgan fingerprint density at radius 2 is 2.00 bits per heavy atom. The second-order valence-corrected chi connectivity index (χ2v) is 7.51. The van der Waals surface area contributed by atoms with Crippen LogP contribution in [0.3, 0.4) is 0 Å². The van der Waals surface area contributed by atoms with Crippen LogP contribution in [0.25, 0.3) is 0 Å². The van der Waals surface area contributed by atoms with Gasteiger partial charge >= 0.3 is 5.50 Å². The van der Waals surface area contributed by atoms with Crippen molar-refractivity contribution in [3.63, 3.8) is 0 Å². The van der Waals surface area contributed by atoms with E-state index in [1.807, 2.05) is 30.3 Å². The molecule has 9 heteroatoms. The van der Waals surface area contributed by atoms with Gasteiger partial charge in [-0.3, -0.25) is 0 Å². The van der Waals surface area contributed by atoms with Crippen LogP contribution in [0.1, 0.15) is 0 Å². The van der Waals surface area contributed by atoms with Crippen molar-refractivity contribution in [1.29, 1.82) is 0 Å². The number of nitrogens with zero attached hydrogens (tertiary/aromatic N) is 4. The molecule has 0 aliphatic carbocycles. The molecule has 0 spiro atoms. The average Bonchev–Trinajstić information content (AvgIpc) is 2.88. The fourth-order valence-electron chi connectivity index (χ4n) is 1.59. The number of sulfone groups is 1. The number of para-hydroxylation sites is 1. The third kappa shape index (κ3) is 4.09. The van der Waals surface area contributed by atoms with E-state index in [4.69, 9.17) is 5.11 Å². The van der Waals surface area contributed by atoms with Crippen molar-refractivity contribution >= 4 is 27.3 Å². The van der Waals surface area contributed by atoms with Gasteiger partial charge in [-0.25, -0.2) is 8.42 Å². The minimum atomic E-state index is -3.20. The standard InChI is InChI=1S/C11H15N4O3S2/c16-6-8-20(17,18)9-7-19-11-12-13-14-15(11)10-4-2-1-3-5-10/h1-5,11,16H,6-9H2/q+1. The third-order valence-corrected chi connectivity index (χ3v) is 5.50. The third-order valence-electron chi connectivity index (χ3n) is 2.58. The highest BCUT2D eigenvalue weighted by atomic mass is 32.2. The van der Waals surface area contributed by atoms with Gasteiger partial charge < -0.3 is 5.11 Å². The molecule has 1 unspecified atom stereocenters. The molecule has 1 N–H and O–H groups in total. The molecular formula is C11H15N4O3S2+. The quantitative estimate of drug-likeness (QED) is 0.773. The number of aliphatic hydroxyl groups excluding tert-OH is 1. The summed E-state index contributed by atoms with van der Waals surface area (Å²) in [6, 6.07) is 9.44. The first-order valence-electron chi connectivity index (χ1n) is 6.00. The number of aliphatic hydroxyl groups is 1. The van der Waals surface area contributed by atoms with E-state index in [9.17, 15) is 8.42 Å². The number of thioether (sulfide) groups is 1. The molecule has 0 bridgehead atoms. The molecule has 108 valence electrons. The van der Waals surface area contributed by atoms with Gasteiger partial charge in [0.25, 0.3) is 0 Å². The zero-order chi connectivity index (χ0) is 14.4. The summed E-state index contributed by atoms with van der Waals surface area (Å²) in [5, 5.41) is 20.2. The number of hydrogen-bond acceptors (Lipinski definition) is 7. The molecule has 1 aromatic rings. The molecule has 0 saturated carbocycles. The van der Waals surface area contributed by atoms with Crippen molar-refractivity contribution in [2.45, 2.75) is 5.50 Å². The molecule has 1 aromatic carbocycles. The molecule has 1 aliphatic heterocycles. The van der Waals surface area contributed by atoms with E-state index in [0.717, 1.165) is 5.69 Å². The summed E-state index contributed by atoms with van der Waals surface area (Å²) in [6.45, 7) is -0.346. The van der Waals surface area contributed by atoms with Gasteiger partial charge in [0.15, 0.2) is 20.7 Å². The van der Waals surface area contributed by atoms with Crippen molar-refractivity contribution in [3.05, 3.63) is 30.3 Å². The van der Waals surface area contributed by atoms with E-state index in [1.165, 1.54) is 11.8 Å². The van der Waals surface area contributed by atoms with Crippen molar-refractivity contribution in [2.24, 2.45) is 15.6 Å². The predicted octanol–water partition coefficient (Wildman–Crippen LogP) is 1.59. The fraction of sp³-hybridized carbons (Fsp3) is 0.455. The largest absolute Gasteiger partial charge is 0.395 e. The van der Waals surface area contributed by atoms with Crippen LogP contribution in [0.5, 0.6) is 0 Å². The molecule has 20 heavy (non-hydrogen) atoms. The Hall–Kier alpha value is -1.32. The Balaban J connectivity index is 1.91. The van der Waals surface area contributed by atoms with E-state index < -0.39 is 9.84 Å². The van der Waals surface area contributed by atoms with Crippen LogP contribution in [0.4, 0.5) is 5.69 Å². The van der Waals surface area contributed by atoms with E-state index in [1.54, 1.807) is 4.70 Å². The normalized spacial score (nSPS) is 18.2. The maximum atomic E-state index is 11.5. The first-order valence-corrected chi connectivity index (χ1v) is 8.87. The lowest BCUT2D eigenvalue weighted by Gasteiger charge is -2.06. The summed E-state index contributed by atoms with van der Waals surface area (Å²) in [6.07, 6.45) is 0. The van der Waals surface area contributed by atoms with Gasteiger partial charge in [-0.1, -0.05) is 34.7 Å². The molecule has 0 radical (unpaired) electrons. The number of benzene rings is 1. The molecule has 2 rings (SSSR count). The lowest BCUT2D eigenvalue weighted by molar-refractivity contribution is -0.515. The smallest absolute Gasteiger partial charge is 0.304 e. The van der Waals surface area contributed by atoms with Gasteiger partial charge in [-0.05, 0) is 12.1 Å². The summed E-state index contributed by atoms with van der Waals surface area (Å²) < 4.78 is 24.6. The van der Waals surface area contributed by atoms with Crippen LogP contribution in [-0.4, -0.2) is 47.6 Å². The Kier molecular flexibility index (Phi) is 5.21. The van der Waals surface area contributed by atoms with Gasteiger partial charge in [0.2, 0.25) is 5.22 Å². The van der Waals surface area contributed by atoms with Gasteiger partial charge in [0.1, 0.15) is 0 Å². The highest BCUT2D eigenvalue weighted by Crippen LogP contribution is 2.26. The molecule has 0 saturated heterocycles. The number of rotatable bonds is 7. The zero-order valence-electron chi connectivity index (χ0n) is 10.7. The first kappa shape index (κ1) is 15.1. The van der Waals surface area contributed by atoms with Crippen molar-refractivity contribution in [2.75, 3.05) is 23.9 Å². The molecule has 7 nitrogen and oxygen atoms in total. The van der Waals surface area contributed by atoms with Crippen LogP contribution in [0, 0.1) is 0 Å². The van der Waals surface area contributed by atoms with Crippen molar-refractivity contribution < 1.29 is 18.2 Å². The molecule has 0 amide bonds. The van der Waals surface area contributed by atoms with Gasteiger partial charge in [0, 0.05) is 10.9 Å². The van der Waals surface area contributed by atoms with Gasteiger partial charge in [0.05, 0.1) is 18.1 Å². The molecule has 1 aliphatic rings. The van der Waals surface area contributed by atoms with E-state index >= 15 is 0 Å². The van der Waals surface area contributed by atoms with Crippen LogP contribution in [0.15, 0.2) is 45.9 Å². The molecule has 1 heterocycles. The van der Waals surface area contributed by atoms with Crippen molar-refractivity contribution in [3.8, 4) is 0 Å². The Labute approximate surface area is 121 Å². The Morgan fingerprint density at radius 3 is 2.70 bits per heavy atom. The van der Waals surface area contributed by atoms with E-state index in [-0.39, 0.29) is 23.6 Å². The average molecular weight is 315 g/mol. The maximum absolute atomic E-state index is 11.5. The van der Waals surface area contributed by atoms with Crippen LogP contribution < -0.4 is 0 Å². The minimum Gasteiger partial charge on any atom is -0.395 e. The summed E-state index contributed by atoms with van der Waals surface area (Å²) in [5.74, 6) is 0.185. The second-order valence-electron chi connectivity index (χ2n) is 4.05. The van der Waals surface area contributed by atoms with Gasteiger partial charge in [-0.15, -0.1) is 0 Å². The second kappa shape index (κ2) is 6.91. The lowest BCUT2D eigenvalue weighted by Crippen LogP contribution is -2.18. The van der Waals surface area contributed by atoms with Crippen molar-refractivity contribution in [1.82, 2.24) is 0 Å². The zero-order valence-corrected chi connectivity index (χ0v) is 12.3. The fourth-order valence-corrected chi connectivity index (χ4v) is 4.10. The predicted molar refractivity (Wildman–Crippen MR) is 75.6 cm³/mol. The Bertz CT molecular complexity index is 601. The van der Waals surface area contributed by atoms with Gasteiger partial charge in [-0.2, -0.15) is 0 Å². The number of hydrogen-bond donors (Lipinski definition) is 1. The van der Waals surface area contributed by atoms with E-state index in [0.29, 0.717) is 5.75 Å². The monoisotopic (exact) mass is 315 g/mol. The highest BCUT2D eigenvalue weighted by Gasteiger charge is 2.28. The Morgan fingerprint density at radius 1 is 1.25 bits per heavy atom. The highest BCUT2D eigenvalue weighted by molar-refractivity contribution is 8.01. The molecule has 1 atom stereocenters. The minimum absolute atomic E-state index is 0.00682. The SMILES string of the molecule is O=S(=O)(CCO)CCSC1N=NN=[N+]1c1ccccc1. The van der Waals surface area contributed by atoms with Crippen LogP contribution in [0.2, 0.25) is 0 Å².